The van der Waals surface area contributed by atoms with Crippen molar-refractivity contribution in [1.82, 2.24) is 0 Å². The van der Waals surface area contributed by atoms with Crippen molar-refractivity contribution in [3.63, 3.8) is 0 Å². The minimum Gasteiger partial charge on any atom is -0.371 e. The minimum absolute atomic E-state index is 0.0511. The molecule has 3 aromatic rings. The molecular formula is C27H28F3N3OS. The van der Waals surface area contributed by atoms with Crippen LogP contribution in [-0.2, 0) is 11.2 Å². The molecule has 1 fully saturated rings. The van der Waals surface area contributed by atoms with Crippen molar-refractivity contribution in [3.05, 3.63) is 77.6 Å². The summed E-state index contributed by atoms with van der Waals surface area (Å²) in [6, 6.07) is 18.0. The number of benzene rings is 3. The van der Waals surface area contributed by atoms with Crippen LogP contribution in [0.25, 0.3) is 11.1 Å². The van der Waals surface area contributed by atoms with Gasteiger partial charge in [0.25, 0.3) is 6.43 Å². The van der Waals surface area contributed by atoms with Gasteiger partial charge in [-0.05, 0) is 66.2 Å². The molecular weight excluding hydrogens is 471 g/mol. The fourth-order valence-corrected chi connectivity index (χ4v) is 4.82. The highest BCUT2D eigenvalue weighted by Crippen LogP contribution is 2.35. The van der Waals surface area contributed by atoms with E-state index in [2.05, 4.69) is 16.7 Å². The molecule has 1 unspecified atom stereocenters. The Kier molecular flexibility index (Phi) is 7.72. The van der Waals surface area contributed by atoms with Crippen molar-refractivity contribution < 1.29 is 18.0 Å². The van der Waals surface area contributed by atoms with Crippen molar-refractivity contribution in [1.29, 1.82) is 0 Å². The van der Waals surface area contributed by atoms with E-state index in [1.165, 1.54) is 6.07 Å². The molecule has 0 radical (unpaired) electrons. The Labute approximate surface area is 208 Å². The molecule has 1 atom stereocenters. The van der Waals surface area contributed by atoms with Crippen LogP contribution in [0.4, 0.5) is 24.5 Å². The molecule has 4 nitrogen and oxygen atoms in total. The Bertz CT molecular complexity index is 1180. The summed E-state index contributed by atoms with van der Waals surface area (Å²) >= 11 is 0.963. The molecule has 0 aromatic heterocycles. The summed E-state index contributed by atoms with van der Waals surface area (Å²) in [5.74, 6) is -0.0945. The number of hydrogen-bond donors (Lipinski definition) is 1. The topological polar surface area (TPSA) is 49.6 Å². The van der Waals surface area contributed by atoms with Gasteiger partial charge in [-0.15, -0.1) is 0 Å². The summed E-state index contributed by atoms with van der Waals surface area (Å²) in [6.07, 6.45) is -0.591. The van der Waals surface area contributed by atoms with Crippen LogP contribution >= 0.6 is 11.9 Å². The third-order valence-corrected chi connectivity index (χ3v) is 7.22. The molecule has 2 N–H and O–H groups in total. The third-order valence-electron chi connectivity index (χ3n) is 6.66. The van der Waals surface area contributed by atoms with Gasteiger partial charge < -0.3 is 14.6 Å². The second kappa shape index (κ2) is 10.7. The lowest BCUT2D eigenvalue weighted by atomic mass is 9.98. The largest absolute Gasteiger partial charge is 0.371 e. The Hall–Kier alpha value is -2.97. The zero-order valence-corrected chi connectivity index (χ0v) is 20.4. The number of alkyl halides is 2. The number of fused-ring (bicyclic) bond motifs is 1. The van der Waals surface area contributed by atoms with Crippen LogP contribution in [0, 0.1) is 11.7 Å². The summed E-state index contributed by atoms with van der Waals surface area (Å²) in [5.41, 5.74) is 4.60. The van der Waals surface area contributed by atoms with Crippen LogP contribution in [-0.4, -0.2) is 32.5 Å². The summed E-state index contributed by atoms with van der Waals surface area (Å²) < 4.78 is 39.4. The number of likely N-dealkylation sites (N-methyl/N-ethyl adjacent to an activating group) is 1. The maximum absolute atomic E-state index is 13.4. The number of nitrogens with zero attached hydrogens (tertiary/aromatic N) is 2. The van der Waals surface area contributed by atoms with Gasteiger partial charge in [-0.2, -0.15) is 0 Å². The van der Waals surface area contributed by atoms with E-state index in [1.807, 2.05) is 37.4 Å². The highest BCUT2D eigenvalue weighted by Gasteiger charge is 2.26. The lowest BCUT2D eigenvalue weighted by molar-refractivity contribution is -0.111. The maximum atomic E-state index is 13.4. The standard InChI is InChI=1S/C17H15F2NO.C10H13FN2S/c18-17(19)16-4-2-1-3-15(16)13-5-7-14(8-6-13)20-9-12(10-20)11-21;1-6-3-7-4-8(11)10(14-12)5-9(7)13(6)2/h1-8,11-12,17H,9-10H2;4-6H,3,12H2,1-2H3. The second-order valence-electron chi connectivity index (χ2n) is 8.93. The lowest BCUT2D eigenvalue weighted by Crippen LogP contribution is -2.47. The van der Waals surface area contributed by atoms with Crippen LogP contribution < -0.4 is 14.9 Å². The molecule has 0 saturated carbocycles. The average molecular weight is 500 g/mol. The maximum Gasteiger partial charge on any atom is 0.264 e. The Balaban J connectivity index is 0.000000179. The highest BCUT2D eigenvalue weighted by molar-refractivity contribution is 7.97. The van der Waals surface area contributed by atoms with Crippen LogP contribution in [0.5, 0.6) is 0 Å². The monoisotopic (exact) mass is 499 g/mol. The van der Waals surface area contributed by atoms with E-state index < -0.39 is 6.43 Å². The molecule has 8 heteroatoms. The van der Waals surface area contributed by atoms with E-state index in [-0.39, 0.29) is 17.3 Å². The Morgan fingerprint density at radius 1 is 1.09 bits per heavy atom. The smallest absolute Gasteiger partial charge is 0.264 e. The van der Waals surface area contributed by atoms with Crippen LogP contribution in [0.15, 0.2) is 65.6 Å². The lowest BCUT2D eigenvalue weighted by Gasteiger charge is -2.38. The predicted molar refractivity (Wildman–Crippen MR) is 137 cm³/mol. The number of aldehydes is 1. The Morgan fingerprint density at radius 2 is 1.77 bits per heavy atom. The highest BCUT2D eigenvalue weighted by atomic mass is 32.2. The fourth-order valence-electron chi connectivity index (χ4n) is 4.47. The zero-order valence-electron chi connectivity index (χ0n) is 19.6. The number of rotatable bonds is 5. The molecule has 2 aliphatic heterocycles. The van der Waals surface area contributed by atoms with Gasteiger partial charge in [-0.1, -0.05) is 36.4 Å². The van der Waals surface area contributed by atoms with Gasteiger partial charge in [0, 0.05) is 49.0 Å². The number of nitrogens with two attached hydrogens (primary N) is 1. The number of carbonyl (C=O) groups excluding carboxylic acids is 1. The molecule has 0 spiro atoms. The first kappa shape index (κ1) is 25.1. The van der Waals surface area contributed by atoms with Gasteiger partial charge in [0.1, 0.15) is 12.1 Å². The van der Waals surface area contributed by atoms with Gasteiger partial charge in [0.05, 0.1) is 4.90 Å². The Morgan fingerprint density at radius 3 is 2.40 bits per heavy atom. The van der Waals surface area contributed by atoms with Crippen molar-refractivity contribution >= 4 is 29.6 Å². The van der Waals surface area contributed by atoms with Crippen molar-refractivity contribution in [3.8, 4) is 11.1 Å². The SMILES string of the molecule is CC1Cc2cc(F)c(SN)cc2N1C.O=CC1CN(c2ccc(-c3ccccc3C(F)F)cc2)C1. The predicted octanol–water partition coefficient (Wildman–Crippen LogP) is 6.10. The number of halogens is 3. The van der Waals surface area contributed by atoms with Crippen molar-refractivity contribution in [2.24, 2.45) is 11.1 Å². The molecule has 3 aromatic carbocycles. The summed E-state index contributed by atoms with van der Waals surface area (Å²) in [6.45, 7) is 3.60. The van der Waals surface area contributed by atoms with Gasteiger partial charge in [0.2, 0.25) is 0 Å². The van der Waals surface area contributed by atoms with E-state index in [9.17, 15) is 18.0 Å². The summed E-state index contributed by atoms with van der Waals surface area (Å²) in [4.78, 5) is 15.4. The third kappa shape index (κ3) is 5.33. The van der Waals surface area contributed by atoms with Crippen LogP contribution in [0.3, 0.4) is 0 Å². The molecule has 2 aliphatic rings. The van der Waals surface area contributed by atoms with E-state index in [0.717, 1.165) is 60.2 Å². The molecule has 5 rings (SSSR count). The van der Waals surface area contributed by atoms with E-state index in [1.54, 1.807) is 24.3 Å². The molecule has 184 valence electrons. The minimum atomic E-state index is -2.48. The van der Waals surface area contributed by atoms with E-state index >= 15 is 0 Å². The first-order chi connectivity index (χ1) is 16.8. The molecule has 0 amide bonds. The normalized spacial score (nSPS) is 17.1. The van der Waals surface area contributed by atoms with E-state index in [4.69, 9.17) is 5.14 Å². The van der Waals surface area contributed by atoms with E-state index in [0.29, 0.717) is 16.5 Å². The van der Waals surface area contributed by atoms with Crippen LogP contribution in [0.1, 0.15) is 24.5 Å². The molecule has 1 saturated heterocycles. The average Bonchev–Trinajstić information content (AvgIpc) is 3.11. The quantitative estimate of drug-likeness (QED) is 0.340. The number of hydrogen-bond acceptors (Lipinski definition) is 5. The first-order valence-corrected chi connectivity index (χ1v) is 12.3. The zero-order chi connectivity index (χ0) is 25.1. The van der Waals surface area contributed by atoms with Gasteiger partial charge in [-0.3, -0.25) is 5.14 Å². The number of carbonyl (C=O) groups is 1. The first-order valence-electron chi connectivity index (χ1n) is 11.4. The van der Waals surface area contributed by atoms with Gasteiger partial charge >= 0.3 is 0 Å². The fraction of sp³-hybridized carbons (Fsp3) is 0.296. The van der Waals surface area contributed by atoms with Crippen LogP contribution in [0.2, 0.25) is 0 Å². The molecule has 0 aliphatic carbocycles. The van der Waals surface area contributed by atoms with Gasteiger partial charge in [-0.25, -0.2) is 13.2 Å². The molecule has 2 heterocycles. The molecule has 0 bridgehead atoms. The second-order valence-corrected chi connectivity index (χ2v) is 9.60. The summed E-state index contributed by atoms with van der Waals surface area (Å²) in [7, 11) is 2.03. The summed E-state index contributed by atoms with van der Waals surface area (Å²) in [5, 5.41) is 5.38. The van der Waals surface area contributed by atoms with Gasteiger partial charge in [0.15, 0.2) is 0 Å². The number of anilines is 2. The van der Waals surface area contributed by atoms with Crippen molar-refractivity contribution in [2.45, 2.75) is 30.7 Å². The van der Waals surface area contributed by atoms with Crippen molar-refractivity contribution in [2.75, 3.05) is 29.9 Å². The molecule has 35 heavy (non-hydrogen) atoms.